The van der Waals surface area contributed by atoms with Crippen LogP contribution in [0.5, 0.6) is 11.5 Å². The fourth-order valence-electron chi connectivity index (χ4n) is 3.66. The Balaban J connectivity index is 1.95. The molecule has 0 spiro atoms. The fourth-order valence-corrected chi connectivity index (χ4v) is 4.49. The molecule has 1 atom stereocenters. The summed E-state index contributed by atoms with van der Waals surface area (Å²) in [6.07, 6.45) is 0. The molecule has 2 aromatic carbocycles. The third-order valence-electron chi connectivity index (χ3n) is 5.23. The summed E-state index contributed by atoms with van der Waals surface area (Å²) in [5, 5.41) is 13.1. The van der Waals surface area contributed by atoms with E-state index in [1.165, 1.54) is 30.5 Å². The number of amides is 1. The Morgan fingerprint density at radius 2 is 1.77 bits per heavy atom. The third-order valence-corrected chi connectivity index (χ3v) is 6.16. The van der Waals surface area contributed by atoms with Crippen LogP contribution >= 0.6 is 11.3 Å². The van der Waals surface area contributed by atoms with E-state index in [9.17, 15) is 14.7 Å². The maximum absolute atomic E-state index is 13.2. The molecule has 1 saturated heterocycles. The minimum absolute atomic E-state index is 0.0135. The van der Waals surface area contributed by atoms with Crippen LogP contribution in [-0.2, 0) is 9.59 Å². The number of carbonyl (C=O) groups is 2. The van der Waals surface area contributed by atoms with Crippen molar-refractivity contribution in [1.82, 2.24) is 0 Å². The van der Waals surface area contributed by atoms with Crippen molar-refractivity contribution in [2.45, 2.75) is 13.0 Å². The van der Waals surface area contributed by atoms with Crippen LogP contribution in [0.4, 0.5) is 5.69 Å². The molecule has 4 rings (SSSR count). The lowest BCUT2D eigenvalue weighted by Crippen LogP contribution is -2.29. The van der Waals surface area contributed by atoms with Crippen molar-refractivity contribution < 1.29 is 24.2 Å². The van der Waals surface area contributed by atoms with Crippen LogP contribution in [0.3, 0.4) is 0 Å². The van der Waals surface area contributed by atoms with E-state index >= 15 is 0 Å². The highest BCUT2D eigenvalue weighted by molar-refractivity contribution is 7.10. The van der Waals surface area contributed by atoms with Crippen LogP contribution in [0.25, 0.3) is 5.76 Å². The van der Waals surface area contributed by atoms with Crippen LogP contribution in [-0.4, -0.2) is 31.0 Å². The molecule has 0 radical (unpaired) electrons. The maximum Gasteiger partial charge on any atom is 0.300 e. The number of aryl methyl sites for hydroxylation is 1. The molecule has 1 amide bonds. The SMILES string of the molecule is COc1ccc(OC)c(/C(O)=C2/C(=O)C(=O)N(c3ccc(C)cc3)C2c2cccs2)c1. The molecule has 0 bridgehead atoms. The predicted octanol–water partition coefficient (Wildman–Crippen LogP) is 4.70. The van der Waals surface area contributed by atoms with Gasteiger partial charge in [0.15, 0.2) is 0 Å². The molecule has 3 aromatic rings. The number of benzene rings is 2. The van der Waals surface area contributed by atoms with Gasteiger partial charge in [-0.05, 0) is 48.7 Å². The number of hydrogen-bond acceptors (Lipinski definition) is 6. The molecule has 6 nitrogen and oxygen atoms in total. The van der Waals surface area contributed by atoms with Crippen LogP contribution in [0.1, 0.15) is 22.0 Å². The zero-order valence-corrected chi connectivity index (χ0v) is 18.1. The number of anilines is 1. The summed E-state index contributed by atoms with van der Waals surface area (Å²) in [5.41, 5.74) is 1.92. The second kappa shape index (κ2) is 8.28. The van der Waals surface area contributed by atoms with Gasteiger partial charge in [-0.2, -0.15) is 0 Å². The van der Waals surface area contributed by atoms with Crippen LogP contribution in [0, 0.1) is 6.92 Å². The first-order chi connectivity index (χ1) is 15.0. The van der Waals surface area contributed by atoms with E-state index < -0.39 is 17.7 Å². The summed E-state index contributed by atoms with van der Waals surface area (Å²) in [6.45, 7) is 1.95. The van der Waals surface area contributed by atoms with Gasteiger partial charge in [0.2, 0.25) is 0 Å². The van der Waals surface area contributed by atoms with Crippen molar-refractivity contribution in [3.05, 3.63) is 81.6 Å². The molecule has 1 aliphatic rings. The Morgan fingerprint density at radius 1 is 1.03 bits per heavy atom. The number of ether oxygens (including phenoxy) is 2. The standard InChI is InChI=1S/C24H21NO5S/c1-14-6-8-15(9-7-14)25-21(19-5-4-12-31-19)20(23(27)24(25)28)22(26)17-13-16(29-2)10-11-18(17)30-3/h4-13,21,26H,1-3H3/b22-20-. The minimum Gasteiger partial charge on any atom is -0.507 e. The Hall–Kier alpha value is -3.58. The van der Waals surface area contributed by atoms with Gasteiger partial charge in [-0.15, -0.1) is 11.3 Å². The van der Waals surface area contributed by atoms with E-state index in [-0.39, 0.29) is 16.9 Å². The average molecular weight is 436 g/mol. The highest BCUT2D eigenvalue weighted by atomic mass is 32.1. The summed E-state index contributed by atoms with van der Waals surface area (Å²) in [7, 11) is 2.98. The van der Waals surface area contributed by atoms with Crippen molar-refractivity contribution in [2.75, 3.05) is 19.1 Å². The minimum atomic E-state index is -0.751. The number of thiophene rings is 1. The van der Waals surface area contributed by atoms with Crippen LogP contribution < -0.4 is 14.4 Å². The number of ketones is 1. The first-order valence-electron chi connectivity index (χ1n) is 9.59. The molecule has 1 aromatic heterocycles. The summed E-state index contributed by atoms with van der Waals surface area (Å²) in [5.74, 6) is -0.887. The largest absolute Gasteiger partial charge is 0.507 e. The highest BCUT2D eigenvalue weighted by Crippen LogP contribution is 2.44. The summed E-state index contributed by atoms with van der Waals surface area (Å²) >= 11 is 1.41. The van der Waals surface area contributed by atoms with Crippen molar-refractivity contribution in [2.24, 2.45) is 0 Å². The summed E-state index contributed by atoms with van der Waals surface area (Å²) < 4.78 is 10.6. The monoisotopic (exact) mass is 435 g/mol. The lowest BCUT2D eigenvalue weighted by Gasteiger charge is -2.24. The molecule has 0 saturated carbocycles. The molecule has 2 heterocycles. The van der Waals surface area contributed by atoms with Gasteiger partial charge in [0.1, 0.15) is 23.3 Å². The van der Waals surface area contributed by atoms with Crippen molar-refractivity contribution in [3.8, 4) is 11.5 Å². The number of aliphatic hydroxyl groups is 1. The first kappa shape index (κ1) is 20.7. The van der Waals surface area contributed by atoms with Gasteiger partial charge < -0.3 is 14.6 Å². The van der Waals surface area contributed by atoms with Gasteiger partial charge in [-0.1, -0.05) is 23.8 Å². The van der Waals surface area contributed by atoms with E-state index in [1.54, 1.807) is 30.3 Å². The Kier molecular flexibility index (Phi) is 5.52. The molecule has 158 valence electrons. The normalized spacial score (nSPS) is 17.8. The lowest BCUT2D eigenvalue weighted by molar-refractivity contribution is -0.132. The number of aliphatic hydroxyl groups excluding tert-OH is 1. The molecule has 1 aliphatic heterocycles. The van der Waals surface area contributed by atoms with Gasteiger partial charge in [-0.3, -0.25) is 14.5 Å². The number of carbonyl (C=O) groups excluding carboxylic acids is 2. The smallest absolute Gasteiger partial charge is 0.300 e. The number of methoxy groups -OCH3 is 2. The van der Waals surface area contributed by atoms with E-state index in [0.29, 0.717) is 17.2 Å². The number of hydrogen-bond donors (Lipinski definition) is 1. The molecule has 7 heteroatoms. The second-order valence-corrected chi connectivity index (χ2v) is 8.07. The second-order valence-electron chi connectivity index (χ2n) is 7.09. The van der Waals surface area contributed by atoms with E-state index in [1.807, 2.05) is 36.6 Å². The van der Waals surface area contributed by atoms with Crippen LogP contribution in [0.15, 0.2) is 65.6 Å². The lowest BCUT2D eigenvalue weighted by atomic mass is 9.99. The summed E-state index contributed by atoms with van der Waals surface area (Å²) in [6, 6.07) is 15.2. The Bertz CT molecular complexity index is 1170. The predicted molar refractivity (Wildman–Crippen MR) is 120 cm³/mol. The molecule has 1 fully saturated rings. The van der Waals surface area contributed by atoms with Gasteiger partial charge in [0, 0.05) is 10.6 Å². The van der Waals surface area contributed by atoms with Gasteiger partial charge in [-0.25, -0.2) is 0 Å². The van der Waals surface area contributed by atoms with Crippen LogP contribution in [0.2, 0.25) is 0 Å². The molecule has 1 N–H and O–H groups in total. The molecule has 31 heavy (non-hydrogen) atoms. The molecule has 0 aliphatic carbocycles. The van der Waals surface area contributed by atoms with Gasteiger partial charge >= 0.3 is 0 Å². The van der Waals surface area contributed by atoms with Crippen molar-refractivity contribution in [1.29, 1.82) is 0 Å². The van der Waals surface area contributed by atoms with Gasteiger partial charge in [0.05, 0.1) is 25.4 Å². The Labute approximate surface area is 184 Å². The quantitative estimate of drug-likeness (QED) is 0.357. The number of Topliss-reactive ketones (excluding diaryl/α,β-unsaturated/α-hetero) is 1. The summed E-state index contributed by atoms with van der Waals surface area (Å²) in [4.78, 5) is 28.5. The van der Waals surface area contributed by atoms with Gasteiger partial charge in [0.25, 0.3) is 11.7 Å². The number of rotatable bonds is 5. The Morgan fingerprint density at radius 3 is 2.39 bits per heavy atom. The zero-order valence-electron chi connectivity index (χ0n) is 17.3. The van der Waals surface area contributed by atoms with E-state index in [2.05, 4.69) is 0 Å². The van der Waals surface area contributed by atoms with Crippen molar-refractivity contribution >= 4 is 34.5 Å². The topological polar surface area (TPSA) is 76.1 Å². The fraction of sp³-hybridized carbons (Fsp3) is 0.167. The molecule has 1 unspecified atom stereocenters. The van der Waals surface area contributed by atoms with E-state index in [0.717, 1.165) is 10.4 Å². The maximum atomic E-state index is 13.2. The third kappa shape index (κ3) is 3.57. The zero-order chi connectivity index (χ0) is 22.1. The van der Waals surface area contributed by atoms with Crippen molar-refractivity contribution in [3.63, 3.8) is 0 Å². The first-order valence-corrected chi connectivity index (χ1v) is 10.5. The molecular formula is C24H21NO5S. The average Bonchev–Trinajstić information content (AvgIpc) is 3.40. The highest BCUT2D eigenvalue weighted by Gasteiger charge is 2.47. The van der Waals surface area contributed by atoms with E-state index in [4.69, 9.17) is 9.47 Å². The number of nitrogens with zero attached hydrogens (tertiary/aromatic N) is 1. The molecular weight excluding hydrogens is 414 g/mol.